The zero-order chi connectivity index (χ0) is 13.0. The molecular formula is C14H21N3O. The van der Waals surface area contributed by atoms with Crippen molar-refractivity contribution in [1.29, 1.82) is 0 Å². The number of aromatic nitrogens is 1. The van der Waals surface area contributed by atoms with Gasteiger partial charge in [-0.1, -0.05) is 0 Å². The Morgan fingerprint density at radius 1 is 1.44 bits per heavy atom. The molecule has 0 aliphatic heterocycles. The van der Waals surface area contributed by atoms with Crippen molar-refractivity contribution in [2.75, 3.05) is 27.2 Å². The summed E-state index contributed by atoms with van der Waals surface area (Å²) in [6.07, 6.45) is 6.51. The standard InChI is InChI=1S/C14H21N3O/c1-15-11-14(6-7-14)13(18)17(2)10-5-12-3-8-16-9-4-12/h3-4,8-9,15H,5-7,10-11H2,1-2H3. The number of pyridine rings is 1. The van der Waals surface area contributed by atoms with Crippen LogP contribution in [-0.4, -0.2) is 43.0 Å². The molecule has 1 aliphatic rings. The van der Waals surface area contributed by atoms with Crippen molar-refractivity contribution in [1.82, 2.24) is 15.2 Å². The SMILES string of the molecule is CNCC1(C(=O)N(C)CCc2ccncc2)CC1. The highest BCUT2D eigenvalue weighted by molar-refractivity contribution is 5.85. The van der Waals surface area contributed by atoms with E-state index < -0.39 is 0 Å². The zero-order valence-corrected chi connectivity index (χ0v) is 11.1. The van der Waals surface area contributed by atoms with Crippen LogP contribution in [0.4, 0.5) is 0 Å². The van der Waals surface area contributed by atoms with Crippen LogP contribution in [0.5, 0.6) is 0 Å². The molecule has 1 saturated carbocycles. The van der Waals surface area contributed by atoms with Gasteiger partial charge in [0.2, 0.25) is 5.91 Å². The molecule has 1 heterocycles. The summed E-state index contributed by atoms with van der Waals surface area (Å²) in [7, 11) is 3.81. The Morgan fingerprint density at radius 3 is 2.67 bits per heavy atom. The molecule has 1 aromatic rings. The number of nitrogens with zero attached hydrogens (tertiary/aromatic N) is 2. The van der Waals surface area contributed by atoms with Crippen LogP contribution in [0, 0.1) is 5.41 Å². The summed E-state index contributed by atoms with van der Waals surface area (Å²) in [5.74, 6) is 0.283. The minimum atomic E-state index is -0.109. The highest BCUT2D eigenvalue weighted by atomic mass is 16.2. The van der Waals surface area contributed by atoms with Crippen molar-refractivity contribution in [2.24, 2.45) is 5.41 Å². The summed E-state index contributed by atoms with van der Waals surface area (Å²) in [5.41, 5.74) is 1.12. The van der Waals surface area contributed by atoms with Crippen molar-refractivity contribution < 1.29 is 4.79 Å². The molecule has 1 aromatic heterocycles. The zero-order valence-electron chi connectivity index (χ0n) is 11.1. The topological polar surface area (TPSA) is 45.2 Å². The molecule has 0 bridgehead atoms. The number of carbonyl (C=O) groups excluding carboxylic acids is 1. The first-order chi connectivity index (χ1) is 8.68. The van der Waals surface area contributed by atoms with Crippen molar-refractivity contribution in [2.45, 2.75) is 19.3 Å². The first kappa shape index (κ1) is 13.0. The normalized spacial score (nSPS) is 16.3. The number of nitrogens with one attached hydrogen (secondary N) is 1. The average Bonchev–Trinajstić information content (AvgIpc) is 3.17. The van der Waals surface area contributed by atoms with Gasteiger partial charge in [0, 0.05) is 32.5 Å². The summed E-state index contributed by atoms with van der Waals surface area (Å²) in [4.78, 5) is 18.2. The minimum absolute atomic E-state index is 0.109. The second-order valence-electron chi connectivity index (χ2n) is 5.14. The Morgan fingerprint density at radius 2 is 2.11 bits per heavy atom. The summed E-state index contributed by atoms with van der Waals surface area (Å²) < 4.78 is 0. The first-order valence-corrected chi connectivity index (χ1v) is 6.47. The van der Waals surface area contributed by atoms with Crippen LogP contribution in [0.2, 0.25) is 0 Å². The second-order valence-corrected chi connectivity index (χ2v) is 5.14. The van der Waals surface area contributed by atoms with E-state index in [1.54, 1.807) is 12.4 Å². The van der Waals surface area contributed by atoms with Crippen molar-refractivity contribution in [3.63, 3.8) is 0 Å². The van der Waals surface area contributed by atoms with Crippen LogP contribution in [0.25, 0.3) is 0 Å². The molecule has 0 saturated heterocycles. The van der Waals surface area contributed by atoms with Crippen molar-refractivity contribution in [3.05, 3.63) is 30.1 Å². The largest absolute Gasteiger partial charge is 0.345 e. The van der Waals surface area contributed by atoms with E-state index >= 15 is 0 Å². The van der Waals surface area contributed by atoms with E-state index in [0.717, 1.165) is 32.4 Å². The summed E-state index contributed by atoms with van der Waals surface area (Å²) in [5, 5.41) is 3.12. The van der Waals surface area contributed by atoms with Crippen LogP contribution in [-0.2, 0) is 11.2 Å². The van der Waals surface area contributed by atoms with Gasteiger partial charge in [-0.2, -0.15) is 0 Å². The number of hydrogen-bond acceptors (Lipinski definition) is 3. The highest BCUT2D eigenvalue weighted by Crippen LogP contribution is 2.46. The lowest BCUT2D eigenvalue weighted by Gasteiger charge is -2.23. The van der Waals surface area contributed by atoms with Gasteiger partial charge in [0.1, 0.15) is 0 Å². The van der Waals surface area contributed by atoms with E-state index in [1.165, 1.54) is 5.56 Å². The lowest BCUT2D eigenvalue weighted by Crippen LogP contribution is -2.39. The maximum absolute atomic E-state index is 12.3. The fraction of sp³-hybridized carbons (Fsp3) is 0.571. The fourth-order valence-corrected chi connectivity index (χ4v) is 2.31. The van der Waals surface area contributed by atoms with Gasteiger partial charge in [-0.15, -0.1) is 0 Å². The molecule has 4 nitrogen and oxygen atoms in total. The molecule has 1 N–H and O–H groups in total. The Bertz CT molecular complexity index is 401. The average molecular weight is 247 g/mol. The van der Waals surface area contributed by atoms with Crippen LogP contribution in [0.3, 0.4) is 0 Å². The first-order valence-electron chi connectivity index (χ1n) is 6.47. The lowest BCUT2D eigenvalue weighted by molar-refractivity contribution is -0.135. The van der Waals surface area contributed by atoms with Gasteiger partial charge in [-0.25, -0.2) is 0 Å². The van der Waals surface area contributed by atoms with Gasteiger partial charge in [0.25, 0.3) is 0 Å². The fourth-order valence-electron chi connectivity index (χ4n) is 2.31. The van der Waals surface area contributed by atoms with E-state index in [-0.39, 0.29) is 11.3 Å². The Hall–Kier alpha value is -1.42. The quantitative estimate of drug-likeness (QED) is 0.818. The molecule has 0 atom stereocenters. The van der Waals surface area contributed by atoms with Gasteiger partial charge in [-0.3, -0.25) is 9.78 Å². The predicted octanol–water partition coefficient (Wildman–Crippen LogP) is 1.08. The van der Waals surface area contributed by atoms with Crippen LogP contribution in [0.15, 0.2) is 24.5 Å². The minimum Gasteiger partial charge on any atom is -0.345 e. The maximum atomic E-state index is 12.3. The molecule has 0 radical (unpaired) electrons. The van der Waals surface area contributed by atoms with E-state index in [1.807, 2.05) is 31.1 Å². The van der Waals surface area contributed by atoms with Crippen LogP contribution < -0.4 is 5.32 Å². The molecule has 18 heavy (non-hydrogen) atoms. The van der Waals surface area contributed by atoms with Crippen molar-refractivity contribution in [3.8, 4) is 0 Å². The van der Waals surface area contributed by atoms with E-state index in [0.29, 0.717) is 0 Å². The van der Waals surface area contributed by atoms with Crippen molar-refractivity contribution >= 4 is 5.91 Å². The number of hydrogen-bond donors (Lipinski definition) is 1. The molecule has 98 valence electrons. The number of carbonyl (C=O) groups is 1. The Balaban J connectivity index is 1.85. The molecule has 0 aromatic carbocycles. The second kappa shape index (κ2) is 5.48. The third-order valence-electron chi connectivity index (χ3n) is 3.65. The van der Waals surface area contributed by atoms with E-state index in [2.05, 4.69) is 10.3 Å². The van der Waals surface area contributed by atoms with E-state index in [9.17, 15) is 4.79 Å². The summed E-state index contributed by atoms with van der Waals surface area (Å²) in [6.45, 7) is 1.57. The Labute approximate surface area is 108 Å². The summed E-state index contributed by atoms with van der Waals surface area (Å²) >= 11 is 0. The van der Waals surface area contributed by atoms with Gasteiger partial charge in [0.05, 0.1) is 5.41 Å². The molecule has 1 amide bonds. The maximum Gasteiger partial charge on any atom is 0.229 e. The van der Waals surface area contributed by atoms with E-state index in [4.69, 9.17) is 0 Å². The molecule has 0 unspecified atom stereocenters. The molecule has 1 aliphatic carbocycles. The van der Waals surface area contributed by atoms with Crippen LogP contribution in [0.1, 0.15) is 18.4 Å². The highest BCUT2D eigenvalue weighted by Gasteiger charge is 2.50. The monoisotopic (exact) mass is 247 g/mol. The predicted molar refractivity (Wildman–Crippen MR) is 71.2 cm³/mol. The molecule has 0 spiro atoms. The molecular weight excluding hydrogens is 226 g/mol. The lowest BCUT2D eigenvalue weighted by atomic mass is 10.1. The van der Waals surface area contributed by atoms with Gasteiger partial charge < -0.3 is 10.2 Å². The number of amides is 1. The third-order valence-corrected chi connectivity index (χ3v) is 3.65. The molecule has 2 rings (SSSR count). The number of rotatable bonds is 6. The summed E-state index contributed by atoms with van der Waals surface area (Å²) in [6, 6.07) is 4.00. The third kappa shape index (κ3) is 2.88. The van der Waals surface area contributed by atoms with Gasteiger partial charge in [-0.05, 0) is 44.0 Å². The smallest absolute Gasteiger partial charge is 0.229 e. The molecule has 4 heteroatoms. The van der Waals surface area contributed by atoms with Crippen LogP contribution >= 0.6 is 0 Å². The van der Waals surface area contributed by atoms with Gasteiger partial charge in [0.15, 0.2) is 0 Å². The molecule has 1 fully saturated rings. The van der Waals surface area contributed by atoms with Gasteiger partial charge >= 0.3 is 0 Å². The number of likely N-dealkylation sites (N-methyl/N-ethyl adjacent to an activating group) is 1. The Kier molecular flexibility index (Phi) is 3.97.